The lowest BCUT2D eigenvalue weighted by molar-refractivity contribution is -0.117. The number of nitrogens with one attached hydrogen (secondary N) is 2. The van der Waals surface area contributed by atoms with Crippen molar-refractivity contribution in [3.05, 3.63) is 53.2 Å². The quantitative estimate of drug-likeness (QED) is 0.272. The number of carbonyl (C=O) groups excluding carboxylic acids is 1. The number of carbonyl (C=O) groups is 1. The van der Waals surface area contributed by atoms with Gasteiger partial charge in [-0.2, -0.15) is 0 Å². The van der Waals surface area contributed by atoms with Gasteiger partial charge in [-0.1, -0.05) is 31.9 Å². The predicted molar refractivity (Wildman–Crippen MR) is 151 cm³/mol. The van der Waals surface area contributed by atoms with E-state index in [0.29, 0.717) is 36.8 Å². The number of benzene rings is 2. The predicted octanol–water partition coefficient (Wildman–Crippen LogP) is 4.76. The van der Waals surface area contributed by atoms with Gasteiger partial charge in [0.05, 0.1) is 36.9 Å². The highest BCUT2D eigenvalue weighted by Crippen LogP contribution is 2.38. The molecular weight excluding hydrogens is 480 g/mol. The molecule has 8 nitrogen and oxygen atoms in total. The Hall–Kier alpha value is -3.36. The summed E-state index contributed by atoms with van der Waals surface area (Å²) >= 11 is 0. The van der Waals surface area contributed by atoms with Crippen molar-refractivity contribution in [3.8, 4) is 11.5 Å². The van der Waals surface area contributed by atoms with Crippen molar-refractivity contribution in [1.29, 1.82) is 0 Å². The number of amides is 1. The molecule has 5 N–H and O–H groups in total. The van der Waals surface area contributed by atoms with Crippen LogP contribution < -0.4 is 25.8 Å². The van der Waals surface area contributed by atoms with Crippen LogP contribution in [0.2, 0.25) is 0 Å². The number of primary amides is 1. The van der Waals surface area contributed by atoms with Crippen LogP contribution in [-0.2, 0) is 24.2 Å². The van der Waals surface area contributed by atoms with Gasteiger partial charge < -0.3 is 30.9 Å². The third-order valence-electron chi connectivity index (χ3n) is 7.15. The first-order valence-corrected chi connectivity index (χ1v) is 13.7. The molecule has 3 aromatic rings. The Labute approximate surface area is 224 Å². The molecule has 204 valence electrons. The fourth-order valence-corrected chi connectivity index (χ4v) is 5.31. The first-order chi connectivity index (χ1) is 18.4. The number of aromatic nitrogens is 1. The maximum Gasteiger partial charge on any atom is 0.221 e. The molecule has 0 aliphatic heterocycles. The normalized spacial score (nSPS) is 17.4. The van der Waals surface area contributed by atoms with E-state index in [-0.39, 0.29) is 18.6 Å². The Kier molecular flexibility index (Phi) is 9.42. The third kappa shape index (κ3) is 6.37. The zero-order valence-electron chi connectivity index (χ0n) is 22.7. The van der Waals surface area contributed by atoms with Gasteiger partial charge in [-0.25, -0.2) is 0 Å². The van der Waals surface area contributed by atoms with Gasteiger partial charge in [0.2, 0.25) is 5.91 Å². The Balaban J connectivity index is 1.74. The molecule has 0 spiro atoms. The van der Waals surface area contributed by atoms with Crippen LogP contribution >= 0.6 is 0 Å². The molecule has 1 aromatic heterocycles. The number of aliphatic hydroxyl groups excluding tert-OH is 1. The first-order valence-electron chi connectivity index (χ1n) is 13.7. The maximum absolute atomic E-state index is 12.0. The number of nitrogens with zero attached hydrogens (tertiary/aromatic N) is 1. The summed E-state index contributed by atoms with van der Waals surface area (Å²) in [5.74, 6) is 0.836. The van der Waals surface area contributed by atoms with Gasteiger partial charge in [0.25, 0.3) is 0 Å². The minimum atomic E-state index is -0.426. The van der Waals surface area contributed by atoms with Crippen molar-refractivity contribution in [2.24, 2.45) is 5.73 Å². The molecule has 0 saturated heterocycles. The summed E-state index contributed by atoms with van der Waals surface area (Å²) in [6, 6.07) is 10.1. The Morgan fingerprint density at radius 1 is 1.08 bits per heavy atom. The van der Waals surface area contributed by atoms with Crippen LogP contribution in [0.5, 0.6) is 11.5 Å². The molecule has 0 radical (unpaired) electrons. The van der Waals surface area contributed by atoms with Gasteiger partial charge in [-0.05, 0) is 56.4 Å². The van der Waals surface area contributed by atoms with E-state index in [9.17, 15) is 9.90 Å². The minimum absolute atomic E-state index is 0.0602. The van der Waals surface area contributed by atoms with E-state index in [0.717, 1.165) is 54.4 Å². The van der Waals surface area contributed by atoms with Gasteiger partial charge in [-0.15, -0.1) is 0 Å². The lowest BCUT2D eigenvalue weighted by atomic mass is 9.92. The molecule has 1 saturated carbocycles. The zero-order chi connectivity index (χ0) is 27.1. The van der Waals surface area contributed by atoms with E-state index >= 15 is 0 Å². The van der Waals surface area contributed by atoms with E-state index in [4.69, 9.17) is 15.2 Å². The highest BCUT2D eigenvalue weighted by molar-refractivity contribution is 5.98. The summed E-state index contributed by atoms with van der Waals surface area (Å²) in [5, 5.41) is 18.4. The average molecular weight is 521 g/mol. The van der Waals surface area contributed by atoms with Crippen molar-refractivity contribution in [2.75, 3.05) is 18.5 Å². The topological polar surface area (TPSA) is 119 Å². The Morgan fingerprint density at radius 2 is 1.82 bits per heavy atom. The largest absolute Gasteiger partial charge is 0.490 e. The number of nitrogens with two attached hydrogens (primary N) is 1. The molecule has 2 atom stereocenters. The van der Waals surface area contributed by atoms with Gasteiger partial charge in [0.15, 0.2) is 11.5 Å². The van der Waals surface area contributed by atoms with Gasteiger partial charge >= 0.3 is 0 Å². The number of fused-ring (bicyclic) bond motifs is 1. The van der Waals surface area contributed by atoms with E-state index in [1.54, 1.807) is 6.20 Å². The van der Waals surface area contributed by atoms with Crippen molar-refractivity contribution in [2.45, 2.75) is 78.0 Å². The number of hydrogen-bond donors (Lipinski definition) is 4. The summed E-state index contributed by atoms with van der Waals surface area (Å²) in [6.45, 7) is 7.68. The zero-order valence-corrected chi connectivity index (χ0v) is 22.7. The summed E-state index contributed by atoms with van der Waals surface area (Å²) < 4.78 is 11.7. The highest BCUT2D eigenvalue weighted by atomic mass is 16.5. The molecule has 4 rings (SSSR count). The average Bonchev–Trinajstić information content (AvgIpc) is 2.90. The van der Waals surface area contributed by atoms with Crippen molar-refractivity contribution in [3.63, 3.8) is 0 Å². The van der Waals surface area contributed by atoms with E-state index in [1.807, 2.05) is 32.0 Å². The fraction of sp³-hybridized carbons (Fsp3) is 0.467. The van der Waals surface area contributed by atoms with Crippen molar-refractivity contribution >= 4 is 28.2 Å². The van der Waals surface area contributed by atoms with Gasteiger partial charge in [-0.3, -0.25) is 9.78 Å². The number of pyridine rings is 1. The Morgan fingerprint density at radius 3 is 2.50 bits per heavy atom. The lowest BCUT2D eigenvalue weighted by Gasteiger charge is -2.29. The number of hydrogen-bond acceptors (Lipinski definition) is 7. The van der Waals surface area contributed by atoms with Gasteiger partial charge in [0.1, 0.15) is 0 Å². The van der Waals surface area contributed by atoms with Crippen LogP contribution in [-0.4, -0.2) is 41.4 Å². The summed E-state index contributed by atoms with van der Waals surface area (Å²) in [4.78, 5) is 16.6. The molecule has 1 aliphatic rings. The molecule has 8 heteroatoms. The van der Waals surface area contributed by atoms with Crippen LogP contribution in [0.1, 0.15) is 63.1 Å². The van der Waals surface area contributed by atoms with Crippen LogP contribution in [0.3, 0.4) is 0 Å². The second-order valence-corrected chi connectivity index (χ2v) is 9.74. The summed E-state index contributed by atoms with van der Waals surface area (Å²) in [5.41, 5.74) is 11.1. The maximum atomic E-state index is 12.0. The first kappa shape index (κ1) is 27.7. The van der Waals surface area contributed by atoms with E-state index in [1.165, 1.54) is 11.1 Å². The van der Waals surface area contributed by atoms with Crippen LogP contribution in [0.4, 0.5) is 11.4 Å². The van der Waals surface area contributed by atoms with Crippen LogP contribution in [0.25, 0.3) is 10.9 Å². The van der Waals surface area contributed by atoms with Crippen molar-refractivity contribution in [1.82, 2.24) is 10.3 Å². The number of anilines is 2. The molecule has 0 bridgehead atoms. The second-order valence-electron chi connectivity index (χ2n) is 9.74. The SMILES string of the molecule is CCOc1cc2ncc(CC(N)=O)c(Nc3cccc(CNC4CCCCC4O)c3CC)c2cc1OCC. The van der Waals surface area contributed by atoms with Gasteiger partial charge in [0, 0.05) is 41.5 Å². The minimum Gasteiger partial charge on any atom is -0.490 e. The fourth-order valence-electron chi connectivity index (χ4n) is 5.31. The number of rotatable bonds is 12. The summed E-state index contributed by atoms with van der Waals surface area (Å²) in [6.07, 6.45) is 6.36. The smallest absolute Gasteiger partial charge is 0.221 e. The molecule has 2 aromatic carbocycles. The molecule has 2 unspecified atom stereocenters. The molecular formula is C30H40N4O4. The second kappa shape index (κ2) is 12.9. The molecule has 38 heavy (non-hydrogen) atoms. The number of aliphatic hydroxyl groups is 1. The molecule has 1 fully saturated rings. The monoisotopic (exact) mass is 520 g/mol. The standard InChI is InChI=1S/C30H40N4O4/c1-4-21-19(17-32-24-11-7-8-13-26(24)35)10-9-12-23(21)34-30-20(14-29(31)36)18-33-25-16-28(38-6-3)27(37-5-2)15-22(25)30/h9-10,12,15-16,18,24,26,32,35H,4-8,11,13-14,17H2,1-3H3,(H2,31,36)(H,33,34). The highest BCUT2D eigenvalue weighted by Gasteiger charge is 2.23. The summed E-state index contributed by atoms with van der Waals surface area (Å²) in [7, 11) is 0. The van der Waals surface area contributed by atoms with Crippen LogP contribution in [0.15, 0.2) is 36.5 Å². The molecule has 1 heterocycles. The number of ether oxygens (including phenoxy) is 2. The van der Waals surface area contributed by atoms with Crippen LogP contribution in [0, 0.1) is 0 Å². The van der Waals surface area contributed by atoms with E-state index in [2.05, 4.69) is 34.7 Å². The lowest BCUT2D eigenvalue weighted by Crippen LogP contribution is -2.41. The third-order valence-corrected chi connectivity index (χ3v) is 7.15. The molecule has 1 aliphatic carbocycles. The Bertz CT molecular complexity index is 1260. The van der Waals surface area contributed by atoms with Crippen molar-refractivity contribution < 1.29 is 19.4 Å². The van der Waals surface area contributed by atoms with E-state index < -0.39 is 5.91 Å². The molecule has 1 amide bonds.